The van der Waals surface area contributed by atoms with Gasteiger partial charge in [-0.05, 0) is 12.0 Å². The topological polar surface area (TPSA) is 78.2 Å². The van der Waals surface area contributed by atoms with Crippen LogP contribution in [0.3, 0.4) is 0 Å². The molecule has 5 nitrogen and oxygen atoms in total. The minimum absolute atomic E-state index is 0.588. The van der Waals surface area contributed by atoms with Crippen molar-refractivity contribution < 1.29 is 0 Å². The Bertz CT molecular complexity index is 265. The van der Waals surface area contributed by atoms with E-state index in [0.29, 0.717) is 6.42 Å². The third-order valence-corrected chi connectivity index (χ3v) is 3.62. The standard InChI is InChI=1S/C15H30N4O/c1-2-3-4-5-6-7-8-9-10-11-12-13-14-15(18-20)17-19-16/h15H,2-14H2,1H3. The summed E-state index contributed by atoms with van der Waals surface area (Å²) in [4.78, 5) is 12.9. The van der Waals surface area contributed by atoms with Crippen LogP contribution in [0, 0.1) is 4.91 Å². The molecule has 0 radical (unpaired) electrons. The molecule has 0 saturated heterocycles. The minimum Gasteiger partial charge on any atom is -0.150 e. The summed E-state index contributed by atoms with van der Waals surface area (Å²) in [5, 5.41) is 6.13. The average molecular weight is 282 g/mol. The number of nitroso groups, excluding NO2 is 1. The Kier molecular flexibility index (Phi) is 15.1. The summed E-state index contributed by atoms with van der Waals surface area (Å²) in [5.74, 6) is 0. The highest BCUT2D eigenvalue weighted by Crippen LogP contribution is 2.13. The molecule has 0 rings (SSSR count). The Labute approximate surface area is 123 Å². The zero-order chi connectivity index (χ0) is 14.9. The molecule has 0 spiro atoms. The first-order valence-electron chi connectivity index (χ1n) is 8.21. The summed E-state index contributed by atoms with van der Waals surface area (Å²) in [5.41, 5.74) is 8.22. The zero-order valence-corrected chi connectivity index (χ0v) is 13.0. The number of nitrogens with zero attached hydrogens (tertiary/aromatic N) is 4. The van der Waals surface area contributed by atoms with E-state index >= 15 is 0 Å². The molecule has 0 aromatic rings. The lowest BCUT2D eigenvalue weighted by Gasteiger charge is -2.03. The fourth-order valence-electron chi connectivity index (χ4n) is 2.36. The van der Waals surface area contributed by atoms with Crippen molar-refractivity contribution in [3.63, 3.8) is 0 Å². The normalized spacial score (nSPS) is 11.8. The van der Waals surface area contributed by atoms with Crippen molar-refractivity contribution in [3.8, 4) is 0 Å². The number of azide groups is 1. The third kappa shape index (κ3) is 13.3. The van der Waals surface area contributed by atoms with Crippen LogP contribution in [0.2, 0.25) is 0 Å². The molecule has 0 bridgehead atoms. The summed E-state index contributed by atoms with van der Waals surface area (Å²) < 4.78 is 0. The van der Waals surface area contributed by atoms with Gasteiger partial charge < -0.3 is 0 Å². The number of rotatable bonds is 15. The van der Waals surface area contributed by atoms with E-state index in [1.165, 1.54) is 64.2 Å². The van der Waals surface area contributed by atoms with E-state index in [-0.39, 0.29) is 0 Å². The van der Waals surface area contributed by atoms with Gasteiger partial charge >= 0.3 is 0 Å². The molecular formula is C15H30N4O. The van der Waals surface area contributed by atoms with Gasteiger partial charge in [-0.3, -0.25) is 0 Å². The fraction of sp³-hybridized carbons (Fsp3) is 1.00. The van der Waals surface area contributed by atoms with Gasteiger partial charge in [0.2, 0.25) is 0 Å². The summed E-state index contributed by atoms with van der Waals surface area (Å²) >= 11 is 0. The summed E-state index contributed by atoms with van der Waals surface area (Å²) in [6.07, 6.45) is 15.3. The molecule has 20 heavy (non-hydrogen) atoms. The van der Waals surface area contributed by atoms with Crippen molar-refractivity contribution in [2.24, 2.45) is 10.3 Å². The second-order valence-electron chi connectivity index (χ2n) is 5.47. The van der Waals surface area contributed by atoms with Crippen LogP contribution in [-0.2, 0) is 0 Å². The maximum Gasteiger partial charge on any atom is 0.170 e. The minimum atomic E-state index is -0.705. The second-order valence-corrected chi connectivity index (χ2v) is 5.47. The van der Waals surface area contributed by atoms with Gasteiger partial charge in [-0.2, -0.15) is 4.91 Å². The molecule has 1 atom stereocenters. The maximum absolute atomic E-state index is 10.3. The lowest BCUT2D eigenvalue weighted by atomic mass is 10.0. The molecule has 0 amide bonds. The summed E-state index contributed by atoms with van der Waals surface area (Å²) in [6, 6.07) is 0. The van der Waals surface area contributed by atoms with Crippen molar-refractivity contribution in [1.82, 2.24) is 0 Å². The molecule has 0 N–H and O–H groups in total. The summed E-state index contributed by atoms with van der Waals surface area (Å²) in [6.45, 7) is 2.25. The van der Waals surface area contributed by atoms with Gasteiger partial charge in [0.15, 0.2) is 6.17 Å². The molecule has 0 aliphatic rings. The number of hydrogen-bond acceptors (Lipinski definition) is 3. The maximum atomic E-state index is 10.3. The first kappa shape index (κ1) is 18.9. The van der Waals surface area contributed by atoms with Crippen molar-refractivity contribution in [3.05, 3.63) is 15.3 Å². The summed E-state index contributed by atoms with van der Waals surface area (Å²) in [7, 11) is 0. The molecule has 0 aliphatic heterocycles. The van der Waals surface area contributed by atoms with Crippen molar-refractivity contribution >= 4 is 0 Å². The molecule has 0 aromatic carbocycles. The van der Waals surface area contributed by atoms with Gasteiger partial charge in [-0.15, -0.1) is 0 Å². The lowest BCUT2D eigenvalue weighted by Crippen LogP contribution is -1.97. The molecule has 1 unspecified atom stereocenters. The van der Waals surface area contributed by atoms with Crippen LogP contribution in [0.5, 0.6) is 0 Å². The average Bonchev–Trinajstić information content (AvgIpc) is 2.47. The monoisotopic (exact) mass is 282 g/mol. The van der Waals surface area contributed by atoms with E-state index in [2.05, 4.69) is 22.1 Å². The molecule has 0 fully saturated rings. The largest absolute Gasteiger partial charge is 0.170 e. The van der Waals surface area contributed by atoms with Crippen LogP contribution in [0.25, 0.3) is 10.4 Å². The molecule has 0 aliphatic carbocycles. The van der Waals surface area contributed by atoms with E-state index < -0.39 is 6.17 Å². The van der Waals surface area contributed by atoms with Crippen molar-refractivity contribution in [2.45, 2.75) is 96.6 Å². The molecule has 5 heteroatoms. The third-order valence-electron chi connectivity index (χ3n) is 3.62. The Balaban J connectivity index is 3.16. The van der Waals surface area contributed by atoms with Crippen molar-refractivity contribution in [1.29, 1.82) is 0 Å². The van der Waals surface area contributed by atoms with Gasteiger partial charge in [0.05, 0.1) is 0 Å². The smallest absolute Gasteiger partial charge is 0.150 e. The van der Waals surface area contributed by atoms with Crippen LogP contribution in [-0.4, -0.2) is 6.17 Å². The quantitative estimate of drug-likeness (QED) is 0.111. The van der Waals surface area contributed by atoms with Gasteiger partial charge in [0, 0.05) is 4.91 Å². The van der Waals surface area contributed by atoms with Gasteiger partial charge in [-0.1, -0.05) is 94.3 Å². The highest BCUT2D eigenvalue weighted by Gasteiger charge is 2.04. The van der Waals surface area contributed by atoms with Crippen LogP contribution >= 0.6 is 0 Å². The Morgan fingerprint density at radius 3 is 1.70 bits per heavy atom. The fourth-order valence-corrected chi connectivity index (χ4v) is 2.36. The zero-order valence-electron chi connectivity index (χ0n) is 13.0. The van der Waals surface area contributed by atoms with Gasteiger partial charge in [-0.25, -0.2) is 0 Å². The van der Waals surface area contributed by atoms with Crippen LogP contribution < -0.4 is 0 Å². The first-order chi connectivity index (χ1) is 9.85. The SMILES string of the molecule is CCCCCCCCCCCCCCC(N=O)N=[N+]=[N-]. The van der Waals surface area contributed by atoms with Crippen molar-refractivity contribution in [2.75, 3.05) is 0 Å². The number of unbranched alkanes of at least 4 members (excludes halogenated alkanes) is 11. The first-order valence-corrected chi connectivity index (χ1v) is 8.21. The Morgan fingerprint density at radius 1 is 0.850 bits per heavy atom. The van der Waals surface area contributed by atoms with E-state index in [1.807, 2.05) is 0 Å². The van der Waals surface area contributed by atoms with Gasteiger partial charge in [0.1, 0.15) is 0 Å². The van der Waals surface area contributed by atoms with E-state index in [4.69, 9.17) is 5.53 Å². The number of hydrogen-bond donors (Lipinski definition) is 0. The Morgan fingerprint density at radius 2 is 1.30 bits per heavy atom. The molecular weight excluding hydrogens is 252 g/mol. The highest BCUT2D eigenvalue weighted by molar-refractivity contribution is 4.63. The molecule has 116 valence electrons. The Hall–Kier alpha value is -1.09. The van der Waals surface area contributed by atoms with E-state index in [9.17, 15) is 4.91 Å². The van der Waals surface area contributed by atoms with E-state index in [0.717, 1.165) is 12.8 Å². The van der Waals surface area contributed by atoms with Crippen LogP contribution in [0.4, 0.5) is 0 Å². The highest BCUT2D eigenvalue weighted by atomic mass is 16.3. The molecule has 0 saturated carbocycles. The lowest BCUT2D eigenvalue weighted by molar-refractivity contribution is 0.522. The van der Waals surface area contributed by atoms with Gasteiger partial charge in [0.25, 0.3) is 0 Å². The predicted molar refractivity (Wildman–Crippen MR) is 84.4 cm³/mol. The second kappa shape index (κ2) is 16.0. The predicted octanol–water partition coefficient (Wildman–Crippen LogP) is 6.48. The van der Waals surface area contributed by atoms with Crippen LogP contribution in [0.15, 0.2) is 10.3 Å². The molecule has 0 heterocycles. The van der Waals surface area contributed by atoms with E-state index in [1.54, 1.807) is 0 Å². The van der Waals surface area contributed by atoms with Crippen LogP contribution in [0.1, 0.15) is 90.4 Å². The molecule has 0 aromatic heterocycles.